The van der Waals surface area contributed by atoms with E-state index in [1.54, 1.807) is 4.90 Å². The Hall–Kier alpha value is -1.82. The van der Waals surface area contributed by atoms with Gasteiger partial charge in [0.1, 0.15) is 0 Å². The third kappa shape index (κ3) is 2.31. The van der Waals surface area contributed by atoms with Gasteiger partial charge in [-0.15, -0.1) is 0 Å². The SMILES string of the molecule is CCCCc1ccc2c(c1)C(C)(CCC#N)C(=O)N2C. The average Bonchev–Trinajstić information content (AvgIpc) is 2.65. The summed E-state index contributed by atoms with van der Waals surface area (Å²) in [5, 5.41) is 8.84. The van der Waals surface area contributed by atoms with E-state index in [1.807, 2.05) is 14.0 Å². The third-order valence-corrected chi connectivity index (χ3v) is 4.35. The minimum Gasteiger partial charge on any atom is -0.314 e. The summed E-state index contributed by atoms with van der Waals surface area (Å²) in [5.41, 5.74) is 2.84. The van der Waals surface area contributed by atoms with Gasteiger partial charge in [0.05, 0.1) is 11.5 Å². The molecule has 2 rings (SSSR count). The molecule has 0 N–H and O–H groups in total. The van der Waals surface area contributed by atoms with E-state index >= 15 is 0 Å². The molecule has 3 heteroatoms. The van der Waals surface area contributed by atoms with Crippen molar-refractivity contribution < 1.29 is 4.79 Å². The molecule has 0 saturated carbocycles. The smallest absolute Gasteiger partial charge is 0.237 e. The zero-order valence-corrected chi connectivity index (χ0v) is 12.6. The van der Waals surface area contributed by atoms with Crippen LogP contribution in [0.15, 0.2) is 18.2 Å². The van der Waals surface area contributed by atoms with E-state index in [4.69, 9.17) is 5.26 Å². The number of anilines is 1. The second-order valence-electron chi connectivity index (χ2n) is 5.81. The van der Waals surface area contributed by atoms with Gasteiger partial charge in [0.15, 0.2) is 0 Å². The van der Waals surface area contributed by atoms with Crippen LogP contribution in [0.2, 0.25) is 0 Å². The predicted octanol–water partition coefficient (Wildman–Crippen LogP) is 3.57. The first-order valence-corrected chi connectivity index (χ1v) is 7.33. The largest absolute Gasteiger partial charge is 0.314 e. The minimum atomic E-state index is -0.540. The van der Waals surface area contributed by atoms with Crippen LogP contribution < -0.4 is 4.90 Å². The molecule has 0 fully saturated rings. The van der Waals surface area contributed by atoms with E-state index in [2.05, 4.69) is 31.2 Å². The van der Waals surface area contributed by atoms with Gasteiger partial charge in [0.2, 0.25) is 5.91 Å². The van der Waals surface area contributed by atoms with Crippen molar-refractivity contribution in [2.75, 3.05) is 11.9 Å². The Labute approximate surface area is 121 Å². The molecule has 1 aromatic carbocycles. The Morgan fingerprint density at radius 1 is 1.40 bits per heavy atom. The lowest BCUT2D eigenvalue weighted by molar-refractivity contribution is -0.122. The van der Waals surface area contributed by atoms with Crippen LogP contribution in [0.1, 0.15) is 50.7 Å². The molecule has 1 aromatic rings. The molecule has 0 aromatic heterocycles. The molecule has 20 heavy (non-hydrogen) atoms. The van der Waals surface area contributed by atoms with Crippen LogP contribution in [0.3, 0.4) is 0 Å². The molecule has 3 nitrogen and oxygen atoms in total. The van der Waals surface area contributed by atoms with Crippen molar-refractivity contribution in [3.05, 3.63) is 29.3 Å². The lowest BCUT2D eigenvalue weighted by Gasteiger charge is -2.22. The average molecular weight is 270 g/mol. The number of rotatable bonds is 5. The number of benzene rings is 1. The van der Waals surface area contributed by atoms with Gasteiger partial charge in [-0.25, -0.2) is 0 Å². The van der Waals surface area contributed by atoms with Crippen molar-refractivity contribution in [2.24, 2.45) is 0 Å². The maximum Gasteiger partial charge on any atom is 0.237 e. The zero-order valence-electron chi connectivity index (χ0n) is 12.6. The maximum atomic E-state index is 12.5. The first kappa shape index (κ1) is 14.6. The molecule has 1 atom stereocenters. The molecular formula is C17H22N2O. The maximum absolute atomic E-state index is 12.5. The van der Waals surface area contributed by atoms with Crippen LogP contribution in [-0.2, 0) is 16.6 Å². The highest BCUT2D eigenvalue weighted by atomic mass is 16.2. The van der Waals surface area contributed by atoms with Crippen LogP contribution in [0.4, 0.5) is 5.69 Å². The molecule has 0 radical (unpaired) electrons. The van der Waals surface area contributed by atoms with Crippen molar-refractivity contribution >= 4 is 11.6 Å². The number of hydrogen-bond acceptors (Lipinski definition) is 2. The predicted molar refractivity (Wildman–Crippen MR) is 80.7 cm³/mol. The van der Waals surface area contributed by atoms with Crippen molar-refractivity contribution in [1.29, 1.82) is 5.26 Å². The van der Waals surface area contributed by atoms with E-state index in [-0.39, 0.29) is 5.91 Å². The van der Waals surface area contributed by atoms with Crippen molar-refractivity contribution in [3.8, 4) is 6.07 Å². The summed E-state index contributed by atoms with van der Waals surface area (Å²) in [6.07, 6.45) is 4.39. The molecule has 1 aliphatic heterocycles. The van der Waals surface area contributed by atoms with Gasteiger partial charge in [-0.2, -0.15) is 5.26 Å². The second kappa shape index (κ2) is 5.66. The number of carbonyl (C=O) groups is 1. The van der Waals surface area contributed by atoms with Crippen LogP contribution in [-0.4, -0.2) is 13.0 Å². The normalized spacial score (nSPS) is 20.9. The fourth-order valence-corrected chi connectivity index (χ4v) is 3.00. The lowest BCUT2D eigenvalue weighted by Crippen LogP contribution is -2.36. The number of aryl methyl sites for hydroxylation is 1. The van der Waals surface area contributed by atoms with Crippen LogP contribution in [0.5, 0.6) is 0 Å². The summed E-state index contributed by atoms with van der Waals surface area (Å²) in [5.74, 6) is 0.107. The topological polar surface area (TPSA) is 44.1 Å². The molecule has 0 aliphatic carbocycles. The van der Waals surface area contributed by atoms with Gasteiger partial charge < -0.3 is 4.90 Å². The Balaban J connectivity index is 2.40. The Morgan fingerprint density at radius 3 is 2.80 bits per heavy atom. The number of amides is 1. The van der Waals surface area contributed by atoms with E-state index < -0.39 is 5.41 Å². The Morgan fingerprint density at radius 2 is 2.15 bits per heavy atom. The number of fused-ring (bicyclic) bond motifs is 1. The molecule has 0 saturated heterocycles. The molecule has 1 heterocycles. The highest BCUT2D eigenvalue weighted by molar-refractivity contribution is 6.07. The third-order valence-electron chi connectivity index (χ3n) is 4.35. The number of unbranched alkanes of at least 4 members (excludes halogenated alkanes) is 1. The molecule has 0 bridgehead atoms. The summed E-state index contributed by atoms with van der Waals surface area (Å²) in [4.78, 5) is 14.3. The van der Waals surface area contributed by atoms with Gasteiger partial charge >= 0.3 is 0 Å². The van der Waals surface area contributed by atoms with Gasteiger partial charge in [-0.3, -0.25) is 4.79 Å². The molecule has 1 amide bonds. The number of nitrogens with zero attached hydrogens (tertiary/aromatic N) is 2. The monoisotopic (exact) mass is 270 g/mol. The first-order valence-electron chi connectivity index (χ1n) is 7.33. The van der Waals surface area contributed by atoms with Gasteiger partial charge in [-0.1, -0.05) is 25.5 Å². The second-order valence-corrected chi connectivity index (χ2v) is 5.81. The molecule has 0 spiro atoms. The van der Waals surface area contributed by atoms with Crippen LogP contribution >= 0.6 is 0 Å². The fraction of sp³-hybridized carbons (Fsp3) is 0.529. The minimum absolute atomic E-state index is 0.107. The number of carbonyl (C=O) groups excluding carboxylic acids is 1. The Bertz CT molecular complexity index is 559. The summed E-state index contributed by atoms with van der Waals surface area (Å²) >= 11 is 0. The molecular weight excluding hydrogens is 248 g/mol. The van der Waals surface area contributed by atoms with Crippen molar-refractivity contribution in [1.82, 2.24) is 0 Å². The quantitative estimate of drug-likeness (QED) is 0.821. The summed E-state index contributed by atoms with van der Waals surface area (Å²) < 4.78 is 0. The number of nitriles is 1. The highest BCUT2D eigenvalue weighted by Gasteiger charge is 2.45. The highest BCUT2D eigenvalue weighted by Crippen LogP contribution is 2.44. The summed E-state index contributed by atoms with van der Waals surface area (Å²) in [6, 6.07) is 8.51. The number of likely N-dealkylation sites (N-methyl/N-ethyl adjacent to an activating group) is 1. The molecule has 1 unspecified atom stereocenters. The molecule has 106 valence electrons. The fourth-order valence-electron chi connectivity index (χ4n) is 3.00. The lowest BCUT2D eigenvalue weighted by atomic mass is 9.79. The zero-order chi connectivity index (χ0) is 14.8. The van der Waals surface area contributed by atoms with E-state index in [0.29, 0.717) is 12.8 Å². The molecule has 1 aliphatic rings. The van der Waals surface area contributed by atoms with Gasteiger partial charge in [-0.05, 0) is 43.4 Å². The van der Waals surface area contributed by atoms with Crippen LogP contribution in [0, 0.1) is 11.3 Å². The summed E-state index contributed by atoms with van der Waals surface area (Å²) in [7, 11) is 1.82. The van der Waals surface area contributed by atoms with E-state index in [9.17, 15) is 4.79 Å². The summed E-state index contributed by atoms with van der Waals surface area (Å²) in [6.45, 7) is 4.15. The first-order chi connectivity index (χ1) is 9.54. The Kier molecular flexibility index (Phi) is 4.13. The van der Waals surface area contributed by atoms with E-state index in [1.165, 1.54) is 12.0 Å². The standard InChI is InChI=1S/C17H22N2O/c1-4-5-7-13-8-9-15-14(12-13)17(2,10-6-11-18)16(20)19(15)3/h8-9,12H,4-7,10H2,1-3H3. The van der Waals surface area contributed by atoms with Crippen molar-refractivity contribution in [3.63, 3.8) is 0 Å². The number of hydrogen-bond donors (Lipinski definition) is 0. The van der Waals surface area contributed by atoms with Crippen molar-refractivity contribution in [2.45, 2.75) is 51.4 Å². The van der Waals surface area contributed by atoms with E-state index in [0.717, 1.165) is 24.1 Å². The van der Waals surface area contributed by atoms with Gasteiger partial charge in [0.25, 0.3) is 0 Å². The van der Waals surface area contributed by atoms with Crippen LogP contribution in [0.25, 0.3) is 0 Å². The van der Waals surface area contributed by atoms with Gasteiger partial charge in [0, 0.05) is 19.2 Å².